The van der Waals surface area contributed by atoms with Crippen molar-refractivity contribution >= 4 is 5.97 Å². The van der Waals surface area contributed by atoms with Gasteiger partial charge in [0.25, 0.3) is 0 Å². The van der Waals surface area contributed by atoms with Crippen LogP contribution in [0.4, 0.5) is 0 Å². The second-order valence-electron chi connectivity index (χ2n) is 4.99. The maximum atomic E-state index is 11.7. The van der Waals surface area contributed by atoms with E-state index in [4.69, 9.17) is 9.47 Å². The van der Waals surface area contributed by atoms with Crippen LogP contribution in [-0.4, -0.2) is 19.7 Å². The molecule has 3 heteroatoms. The predicted molar refractivity (Wildman–Crippen MR) is 63.0 cm³/mol. The standard InChI is InChI=1S/C14H16O3/c1-16-13(15)14(5-6-14)9-10-2-3-12-11(8-10)4-7-17-12/h2-3,8H,4-7,9H2,1H3. The number of benzene rings is 1. The lowest BCUT2D eigenvalue weighted by Gasteiger charge is -2.13. The summed E-state index contributed by atoms with van der Waals surface area (Å²) in [6, 6.07) is 6.25. The monoisotopic (exact) mass is 232 g/mol. The largest absolute Gasteiger partial charge is 0.493 e. The van der Waals surface area contributed by atoms with E-state index < -0.39 is 0 Å². The van der Waals surface area contributed by atoms with Gasteiger partial charge in [-0.05, 0) is 36.5 Å². The van der Waals surface area contributed by atoms with E-state index in [0.717, 1.165) is 38.0 Å². The highest BCUT2D eigenvalue weighted by atomic mass is 16.5. The van der Waals surface area contributed by atoms with E-state index in [2.05, 4.69) is 12.1 Å². The number of carbonyl (C=O) groups is 1. The van der Waals surface area contributed by atoms with E-state index in [1.807, 2.05) is 6.07 Å². The zero-order valence-electron chi connectivity index (χ0n) is 9.99. The topological polar surface area (TPSA) is 35.5 Å². The number of methoxy groups -OCH3 is 1. The summed E-state index contributed by atoms with van der Waals surface area (Å²) in [4.78, 5) is 11.7. The van der Waals surface area contributed by atoms with Crippen LogP contribution < -0.4 is 4.74 Å². The van der Waals surface area contributed by atoms with Gasteiger partial charge in [-0.25, -0.2) is 0 Å². The molecular weight excluding hydrogens is 216 g/mol. The Hall–Kier alpha value is -1.51. The average Bonchev–Trinajstić information content (AvgIpc) is 2.97. The second kappa shape index (κ2) is 3.76. The Bertz CT molecular complexity index is 461. The quantitative estimate of drug-likeness (QED) is 0.749. The number of rotatable bonds is 3. The smallest absolute Gasteiger partial charge is 0.312 e. The van der Waals surface area contributed by atoms with E-state index in [1.165, 1.54) is 18.2 Å². The molecule has 3 rings (SSSR count). The fraction of sp³-hybridized carbons (Fsp3) is 0.500. The molecule has 0 saturated heterocycles. The van der Waals surface area contributed by atoms with Gasteiger partial charge < -0.3 is 9.47 Å². The van der Waals surface area contributed by atoms with Gasteiger partial charge in [0, 0.05) is 6.42 Å². The third kappa shape index (κ3) is 1.79. The summed E-state index contributed by atoms with van der Waals surface area (Å²) in [7, 11) is 1.47. The molecule has 90 valence electrons. The molecular formula is C14H16O3. The Morgan fingerprint density at radius 1 is 1.47 bits per heavy atom. The van der Waals surface area contributed by atoms with E-state index >= 15 is 0 Å². The van der Waals surface area contributed by atoms with Crippen molar-refractivity contribution in [2.45, 2.75) is 25.7 Å². The molecule has 0 bridgehead atoms. The summed E-state index contributed by atoms with van der Waals surface area (Å²) in [5.74, 6) is 0.936. The predicted octanol–water partition coefficient (Wildman–Crippen LogP) is 2.12. The first-order valence-corrected chi connectivity index (χ1v) is 6.07. The van der Waals surface area contributed by atoms with Crippen LogP contribution in [0.5, 0.6) is 5.75 Å². The number of hydrogen-bond acceptors (Lipinski definition) is 3. The van der Waals surface area contributed by atoms with E-state index in [9.17, 15) is 4.79 Å². The molecule has 0 atom stereocenters. The van der Waals surface area contributed by atoms with Crippen LogP contribution in [0.3, 0.4) is 0 Å². The Morgan fingerprint density at radius 2 is 2.29 bits per heavy atom. The molecule has 1 saturated carbocycles. The SMILES string of the molecule is COC(=O)C1(Cc2ccc3c(c2)CCO3)CC1. The molecule has 17 heavy (non-hydrogen) atoms. The zero-order chi connectivity index (χ0) is 11.9. The Morgan fingerprint density at radius 3 is 3.00 bits per heavy atom. The van der Waals surface area contributed by atoms with Crippen molar-refractivity contribution in [3.63, 3.8) is 0 Å². The molecule has 0 N–H and O–H groups in total. The van der Waals surface area contributed by atoms with Crippen molar-refractivity contribution in [3.05, 3.63) is 29.3 Å². The third-order valence-corrected chi connectivity index (χ3v) is 3.77. The summed E-state index contributed by atoms with van der Waals surface area (Å²) in [5, 5.41) is 0. The first-order valence-electron chi connectivity index (χ1n) is 6.07. The maximum Gasteiger partial charge on any atom is 0.312 e. The van der Waals surface area contributed by atoms with Crippen LogP contribution in [0, 0.1) is 5.41 Å². The summed E-state index contributed by atoms with van der Waals surface area (Å²) in [6.07, 6.45) is 3.68. The molecule has 1 aromatic carbocycles. The molecule has 1 aliphatic heterocycles. The number of fused-ring (bicyclic) bond motifs is 1. The van der Waals surface area contributed by atoms with Crippen LogP contribution in [0.15, 0.2) is 18.2 Å². The van der Waals surface area contributed by atoms with Crippen molar-refractivity contribution in [1.82, 2.24) is 0 Å². The van der Waals surface area contributed by atoms with Gasteiger partial charge in [0.1, 0.15) is 5.75 Å². The molecule has 2 aliphatic rings. The van der Waals surface area contributed by atoms with Crippen molar-refractivity contribution in [2.24, 2.45) is 5.41 Å². The zero-order valence-corrected chi connectivity index (χ0v) is 9.99. The number of hydrogen-bond donors (Lipinski definition) is 0. The number of carbonyl (C=O) groups excluding carboxylic acids is 1. The van der Waals surface area contributed by atoms with Crippen LogP contribution >= 0.6 is 0 Å². The van der Waals surface area contributed by atoms with Gasteiger partial charge in [-0.1, -0.05) is 12.1 Å². The highest BCUT2D eigenvalue weighted by Crippen LogP contribution is 2.49. The summed E-state index contributed by atoms with van der Waals surface area (Å²) >= 11 is 0. The highest BCUT2D eigenvalue weighted by molar-refractivity contribution is 5.80. The van der Waals surface area contributed by atoms with E-state index in [-0.39, 0.29) is 11.4 Å². The van der Waals surface area contributed by atoms with Gasteiger partial charge in [0.05, 0.1) is 19.1 Å². The van der Waals surface area contributed by atoms with Crippen molar-refractivity contribution in [1.29, 1.82) is 0 Å². The van der Waals surface area contributed by atoms with E-state index in [1.54, 1.807) is 0 Å². The number of ether oxygens (including phenoxy) is 2. The molecule has 0 radical (unpaired) electrons. The molecule has 0 aromatic heterocycles. The fourth-order valence-corrected chi connectivity index (χ4v) is 2.56. The molecule has 0 amide bonds. The van der Waals surface area contributed by atoms with Gasteiger partial charge in [-0.2, -0.15) is 0 Å². The Kier molecular flexibility index (Phi) is 2.35. The van der Waals surface area contributed by atoms with Crippen LogP contribution in [0.1, 0.15) is 24.0 Å². The van der Waals surface area contributed by atoms with Crippen LogP contribution in [0.25, 0.3) is 0 Å². The minimum atomic E-state index is -0.234. The molecule has 1 aromatic rings. The summed E-state index contributed by atoms with van der Waals surface area (Å²) in [6.45, 7) is 0.779. The normalized spacial score (nSPS) is 19.4. The first-order chi connectivity index (χ1) is 8.23. The molecule has 0 unspecified atom stereocenters. The highest BCUT2D eigenvalue weighted by Gasteiger charge is 2.50. The average molecular weight is 232 g/mol. The number of esters is 1. The Labute approximate surface area is 101 Å². The van der Waals surface area contributed by atoms with Crippen molar-refractivity contribution in [2.75, 3.05) is 13.7 Å². The summed E-state index contributed by atoms with van der Waals surface area (Å²) < 4.78 is 10.4. The van der Waals surface area contributed by atoms with Gasteiger partial charge in [-0.15, -0.1) is 0 Å². The van der Waals surface area contributed by atoms with Crippen LogP contribution in [0.2, 0.25) is 0 Å². The molecule has 3 nitrogen and oxygen atoms in total. The lowest BCUT2D eigenvalue weighted by Crippen LogP contribution is -2.20. The Balaban J connectivity index is 1.80. The first kappa shape index (κ1) is 10.6. The van der Waals surface area contributed by atoms with Gasteiger partial charge in [-0.3, -0.25) is 4.79 Å². The van der Waals surface area contributed by atoms with Gasteiger partial charge in [0.2, 0.25) is 0 Å². The molecule has 1 aliphatic carbocycles. The fourth-order valence-electron chi connectivity index (χ4n) is 2.56. The molecule has 1 heterocycles. The van der Waals surface area contributed by atoms with E-state index in [0.29, 0.717) is 0 Å². The molecule has 0 spiro atoms. The lowest BCUT2D eigenvalue weighted by molar-refractivity contribution is -0.147. The summed E-state index contributed by atoms with van der Waals surface area (Å²) in [5.41, 5.74) is 2.25. The minimum absolute atomic E-state index is 0.0609. The van der Waals surface area contributed by atoms with Crippen LogP contribution in [-0.2, 0) is 22.4 Å². The van der Waals surface area contributed by atoms with Gasteiger partial charge >= 0.3 is 5.97 Å². The lowest BCUT2D eigenvalue weighted by atomic mass is 9.95. The van der Waals surface area contributed by atoms with Crippen molar-refractivity contribution < 1.29 is 14.3 Å². The molecule has 1 fully saturated rings. The second-order valence-corrected chi connectivity index (χ2v) is 4.99. The third-order valence-electron chi connectivity index (χ3n) is 3.77. The minimum Gasteiger partial charge on any atom is -0.493 e. The van der Waals surface area contributed by atoms with Gasteiger partial charge in [0.15, 0.2) is 0 Å². The van der Waals surface area contributed by atoms with Crippen molar-refractivity contribution in [3.8, 4) is 5.75 Å². The maximum absolute atomic E-state index is 11.7.